The fraction of sp³-hybridized carbons (Fsp3) is 0.571. The highest BCUT2D eigenvalue weighted by Crippen LogP contribution is 2.24. The van der Waals surface area contributed by atoms with Gasteiger partial charge in [0.15, 0.2) is 0 Å². The first-order valence-corrected chi connectivity index (χ1v) is 6.50. The molecule has 0 saturated carbocycles. The molecule has 0 fully saturated rings. The monoisotopic (exact) mass is 272 g/mol. The van der Waals surface area contributed by atoms with Gasteiger partial charge in [0.1, 0.15) is 11.6 Å². The lowest BCUT2D eigenvalue weighted by Gasteiger charge is -2.36. The molecule has 3 nitrogen and oxygen atoms in total. The second-order valence-electron chi connectivity index (χ2n) is 4.76. The van der Waals surface area contributed by atoms with Gasteiger partial charge in [0.2, 0.25) is 0 Å². The molecule has 108 valence electrons. The van der Waals surface area contributed by atoms with E-state index in [0.29, 0.717) is 18.6 Å². The van der Waals surface area contributed by atoms with Crippen LogP contribution < -0.4 is 11.3 Å². The summed E-state index contributed by atoms with van der Waals surface area (Å²) in [5.41, 5.74) is 2.61. The average molecular weight is 272 g/mol. The van der Waals surface area contributed by atoms with Gasteiger partial charge in [0.05, 0.1) is 11.6 Å². The molecule has 0 radical (unpaired) electrons. The number of nitrogens with two attached hydrogens (primary N) is 1. The predicted octanol–water partition coefficient (Wildman–Crippen LogP) is 2.54. The Morgan fingerprint density at radius 3 is 2.53 bits per heavy atom. The molecule has 0 aromatic heterocycles. The molecule has 19 heavy (non-hydrogen) atoms. The molecule has 1 rings (SSSR count). The summed E-state index contributed by atoms with van der Waals surface area (Å²) in [6, 6.07) is 3.32. The van der Waals surface area contributed by atoms with Crippen LogP contribution in [-0.4, -0.2) is 18.2 Å². The minimum absolute atomic E-state index is 0.252. The van der Waals surface area contributed by atoms with Crippen LogP contribution in [0.5, 0.6) is 0 Å². The Labute approximate surface area is 113 Å². The third kappa shape index (κ3) is 3.96. The molecule has 1 aromatic rings. The van der Waals surface area contributed by atoms with Crippen molar-refractivity contribution >= 4 is 0 Å². The van der Waals surface area contributed by atoms with Crippen molar-refractivity contribution in [3.8, 4) is 0 Å². The van der Waals surface area contributed by atoms with Crippen molar-refractivity contribution in [3.05, 3.63) is 35.4 Å². The number of hydrogen-bond donors (Lipinski definition) is 2. The quantitative estimate of drug-likeness (QED) is 0.592. The van der Waals surface area contributed by atoms with Crippen LogP contribution >= 0.6 is 0 Å². The number of hydrazine groups is 1. The van der Waals surface area contributed by atoms with Crippen LogP contribution in [0.4, 0.5) is 8.78 Å². The maximum atomic E-state index is 13.7. The van der Waals surface area contributed by atoms with Gasteiger partial charge in [0.25, 0.3) is 0 Å². The van der Waals surface area contributed by atoms with Crippen LogP contribution in [0.3, 0.4) is 0 Å². The van der Waals surface area contributed by atoms with E-state index in [1.54, 1.807) is 0 Å². The highest BCUT2D eigenvalue weighted by molar-refractivity contribution is 5.20. The van der Waals surface area contributed by atoms with Gasteiger partial charge in [0, 0.05) is 12.7 Å². The summed E-state index contributed by atoms with van der Waals surface area (Å²) in [7, 11) is 0. The van der Waals surface area contributed by atoms with Gasteiger partial charge in [-0.05, 0) is 38.3 Å². The molecule has 1 aromatic carbocycles. The number of benzene rings is 1. The van der Waals surface area contributed by atoms with Gasteiger partial charge < -0.3 is 4.74 Å². The van der Waals surface area contributed by atoms with Crippen LogP contribution in [0.1, 0.15) is 32.8 Å². The molecule has 3 N–H and O–H groups in total. The van der Waals surface area contributed by atoms with Gasteiger partial charge in [-0.2, -0.15) is 0 Å². The summed E-state index contributed by atoms with van der Waals surface area (Å²) >= 11 is 0. The van der Waals surface area contributed by atoms with Crippen LogP contribution in [0.15, 0.2) is 18.2 Å². The van der Waals surface area contributed by atoms with E-state index in [1.165, 1.54) is 12.1 Å². The van der Waals surface area contributed by atoms with E-state index >= 15 is 0 Å². The summed E-state index contributed by atoms with van der Waals surface area (Å²) < 4.78 is 32.3. The Bertz CT molecular complexity index is 414. The zero-order valence-corrected chi connectivity index (χ0v) is 11.7. The minimum Gasteiger partial charge on any atom is -0.374 e. The van der Waals surface area contributed by atoms with Crippen molar-refractivity contribution in [3.63, 3.8) is 0 Å². The highest BCUT2D eigenvalue weighted by Gasteiger charge is 2.33. The lowest BCUT2D eigenvalue weighted by Crippen LogP contribution is -2.54. The predicted molar refractivity (Wildman–Crippen MR) is 71.5 cm³/mol. The summed E-state index contributed by atoms with van der Waals surface area (Å²) in [6.45, 7) is 6.37. The Kier molecular flexibility index (Phi) is 5.85. The van der Waals surface area contributed by atoms with Crippen molar-refractivity contribution in [2.75, 3.05) is 6.61 Å². The molecular weight excluding hydrogens is 250 g/mol. The van der Waals surface area contributed by atoms with Gasteiger partial charge in [-0.3, -0.25) is 11.3 Å². The molecule has 5 heteroatoms. The molecule has 0 aliphatic heterocycles. The maximum Gasteiger partial charge on any atom is 0.129 e. The lowest BCUT2D eigenvalue weighted by molar-refractivity contribution is -0.0552. The number of halogens is 2. The van der Waals surface area contributed by atoms with E-state index in [-0.39, 0.29) is 6.04 Å². The van der Waals surface area contributed by atoms with Gasteiger partial charge >= 0.3 is 0 Å². The van der Waals surface area contributed by atoms with E-state index < -0.39 is 17.2 Å². The van der Waals surface area contributed by atoms with Gasteiger partial charge in [-0.15, -0.1) is 0 Å². The first kappa shape index (κ1) is 16.0. The molecule has 0 saturated heterocycles. The van der Waals surface area contributed by atoms with Crippen molar-refractivity contribution in [2.45, 2.75) is 45.3 Å². The summed E-state index contributed by atoms with van der Waals surface area (Å²) in [5.74, 6) is 4.42. The molecule has 0 amide bonds. The van der Waals surface area contributed by atoms with Gasteiger partial charge in [-0.1, -0.05) is 13.0 Å². The van der Waals surface area contributed by atoms with E-state index in [1.807, 2.05) is 20.8 Å². The maximum absolute atomic E-state index is 13.7. The number of ether oxygens (including phenoxy) is 1. The second-order valence-corrected chi connectivity index (χ2v) is 4.76. The SMILES string of the molecule is CCOC(C)(CC)C(Cc1ccc(F)cc1F)NN. The number of nitrogens with one attached hydrogen (secondary N) is 1. The molecule has 0 heterocycles. The molecule has 0 spiro atoms. The van der Waals surface area contributed by atoms with Crippen LogP contribution in [0.2, 0.25) is 0 Å². The van der Waals surface area contributed by atoms with Gasteiger partial charge in [-0.25, -0.2) is 8.78 Å². The van der Waals surface area contributed by atoms with E-state index in [4.69, 9.17) is 10.6 Å². The number of rotatable bonds is 7. The third-order valence-electron chi connectivity index (χ3n) is 3.55. The summed E-state index contributed by atoms with van der Waals surface area (Å²) in [6.07, 6.45) is 1.07. The molecule has 0 aliphatic rings. The first-order valence-electron chi connectivity index (χ1n) is 6.50. The highest BCUT2D eigenvalue weighted by atomic mass is 19.1. The van der Waals surface area contributed by atoms with Crippen LogP contribution in [0.25, 0.3) is 0 Å². The average Bonchev–Trinajstić information content (AvgIpc) is 2.38. The standard InChI is InChI=1S/C14H22F2N2O/c1-4-14(3,19-5-2)13(18-17)8-10-6-7-11(15)9-12(10)16/h6-7,9,13,18H,4-5,8,17H2,1-3H3. The van der Waals surface area contributed by atoms with Crippen LogP contribution in [0, 0.1) is 11.6 Å². The van der Waals surface area contributed by atoms with E-state index in [2.05, 4.69) is 5.43 Å². The topological polar surface area (TPSA) is 47.3 Å². The fourth-order valence-electron chi connectivity index (χ4n) is 2.14. The molecule has 2 unspecified atom stereocenters. The van der Waals surface area contributed by atoms with Crippen molar-refractivity contribution in [1.82, 2.24) is 5.43 Å². The normalized spacial score (nSPS) is 16.1. The smallest absolute Gasteiger partial charge is 0.129 e. The zero-order valence-electron chi connectivity index (χ0n) is 11.7. The number of hydrogen-bond acceptors (Lipinski definition) is 3. The van der Waals surface area contributed by atoms with E-state index in [0.717, 1.165) is 12.5 Å². The van der Waals surface area contributed by atoms with E-state index in [9.17, 15) is 8.78 Å². The second kappa shape index (κ2) is 6.93. The lowest BCUT2D eigenvalue weighted by atomic mass is 9.88. The molecular formula is C14H22F2N2O. The molecule has 0 aliphatic carbocycles. The Morgan fingerprint density at radius 2 is 2.05 bits per heavy atom. The molecule has 2 atom stereocenters. The third-order valence-corrected chi connectivity index (χ3v) is 3.55. The Hall–Kier alpha value is -1.04. The first-order chi connectivity index (χ1) is 8.96. The molecule has 0 bridgehead atoms. The summed E-state index contributed by atoms with van der Waals surface area (Å²) in [4.78, 5) is 0. The summed E-state index contributed by atoms with van der Waals surface area (Å²) in [5, 5.41) is 0. The Morgan fingerprint density at radius 1 is 1.37 bits per heavy atom. The van der Waals surface area contributed by atoms with Crippen LogP contribution in [-0.2, 0) is 11.2 Å². The van der Waals surface area contributed by atoms with Crippen molar-refractivity contribution < 1.29 is 13.5 Å². The fourth-order valence-corrected chi connectivity index (χ4v) is 2.14. The van der Waals surface area contributed by atoms with Crippen molar-refractivity contribution in [2.24, 2.45) is 5.84 Å². The Balaban J connectivity index is 2.92. The largest absolute Gasteiger partial charge is 0.374 e. The zero-order chi connectivity index (χ0) is 14.5. The minimum atomic E-state index is -0.582. The van der Waals surface area contributed by atoms with Crippen molar-refractivity contribution in [1.29, 1.82) is 0 Å².